The van der Waals surface area contributed by atoms with Crippen LogP contribution in [-0.4, -0.2) is 94.6 Å². The van der Waals surface area contributed by atoms with Crippen molar-refractivity contribution < 1.29 is 39.0 Å². The van der Waals surface area contributed by atoms with Crippen molar-refractivity contribution in [2.24, 2.45) is 11.7 Å². The number of amides is 5. The second kappa shape index (κ2) is 20.7. The van der Waals surface area contributed by atoms with Gasteiger partial charge in [0.05, 0.1) is 13.2 Å². The summed E-state index contributed by atoms with van der Waals surface area (Å²) in [5.41, 5.74) is 7.11. The van der Waals surface area contributed by atoms with Gasteiger partial charge in [-0.15, -0.1) is 0 Å². The van der Waals surface area contributed by atoms with Crippen LogP contribution in [-0.2, 0) is 35.2 Å². The number of rotatable bonds is 22. The summed E-state index contributed by atoms with van der Waals surface area (Å²) in [5.74, 6) is -4.90. The highest BCUT2D eigenvalue weighted by Gasteiger charge is 2.30. The lowest BCUT2D eigenvalue weighted by Gasteiger charge is -2.25. The topological polar surface area (TPSA) is 245 Å². The van der Waals surface area contributed by atoms with Crippen LogP contribution in [0.3, 0.4) is 0 Å². The van der Waals surface area contributed by atoms with Crippen LogP contribution in [0.4, 0.5) is 0 Å². The summed E-state index contributed by atoms with van der Waals surface area (Å²) >= 11 is 0. The maximum Gasteiger partial charge on any atom is 0.326 e. The molecule has 1 aromatic carbocycles. The van der Waals surface area contributed by atoms with E-state index in [1.807, 2.05) is 18.2 Å². The van der Waals surface area contributed by atoms with E-state index in [2.05, 4.69) is 38.5 Å². The van der Waals surface area contributed by atoms with Crippen molar-refractivity contribution in [2.75, 3.05) is 19.7 Å². The number of carboxylic acids is 1. The molecule has 0 saturated heterocycles. The van der Waals surface area contributed by atoms with Crippen molar-refractivity contribution in [3.8, 4) is 0 Å². The molecule has 15 nitrogen and oxygen atoms in total. The molecule has 48 heavy (non-hydrogen) atoms. The van der Waals surface area contributed by atoms with Gasteiger partial charge in [-0.2, -0.15) is 0 Å². The third-order valence-electron chi connectivity index (χ3n) is 7.83. The van der Waals surface area contributed by atoms with Crippen molar-refractivity contribution in [3.05, 3.63) is 36.0 Å². The molecule has 10 N–H and O–H groups in total. The van der Waals surface area contributed by atoms with Gasteiger partial charge in [-0.1, -0.05) is 64.7 Å². The van der Waals surface area contributed by atoms with Crippen molar-refractivity contribution in [1.29, 1.82) is 0 Å². The molecule has 0 fully saturated rings. The number of aliphatic hydroxyl groups excluding tert-OH is 1. The lowest BCUT2D eigenvalue weighted by molar-refractivity contribution is -0.142. The zero-order valence-electron chi connectivity index (χ0n) is 28.0. The van der Waals surface area contributed by atoms with Gasteiger partial charge in [-0.05, 0) is 36.9 Å². The molecule has 0 saturated carbocycles. The molecule has 2 rings (SSSR count). The van der Waals surface area contributed by atoms with Crippen LogP contribution < -0.4 is 32.3 Å². The second-order valence-corrected chi connectivity index (χ2v) is 12.1. The number of H-pyrrole nitrogens is 1. The highest BCUT2D eigenvalue weighted by molar-refractivity contribution is 5.95. The monoisotopic (exact) mass is 673 g/mol. The van der Waals surface area contributed by atoms with Gasteiger partial charge in [0.2, 0.25) is 29.5 Å². The van der Waals surface area contributed by atoms with E-state index in [9.17, 15) is 39.0 Å². The van der Waals surface area contributed by atoms with Crippen LogP contribution in [0.2, 0.25) is 0 Å². The van der Waals surface area contributed by atoms with E-state index >= 15 is 0 Å². The Kier molecular flexibility index (Phi) is 17.1. The SMILES string of the molecule is CCCCCCCC(=O)N[C@@H](C(=O)N[C@H](CCN)C(=O)NCC(=O)N[C@H](CO)C(=O)N[C@H](Cc1c[nH]c2ccccc12)C(=O)O)C(C)C. The Hall–Kier alpha value is -4.50. The molecule has 0 aliphatic carbocycles. The Morgan fingerprint density at radius 1 is 0.833 bits per heavy atom. The third-order valence-corrected chi connectivity index (χ3v) is 7.83. The van der Waals surface area contributed by atoms with Gasteiger partial charge in [-0.3, -0.25) is 24.0 Å². The van der Waals surface area contributed by atoms with Gasteiger partial charge in [0.1, 0.15) is 24.2 Å². The van der Waals surface area contributed by atoms with Crippen LogP contribution >= 0.6 is 0 Å². The molecule has 1 heterocycles. The van der Waals surface area contributed by atoms with Crippen molar-refractivity contribution in [1.82, 2.24) is 31.6 Å². The standard InChI is InChI=1S/C33H51N7O8/c1-4-5-6-7-8-13-27(42)40-29(20(2)3)32(46)38-24(14-15-34)30(44)36-18-28(43)37-26(19-41)31(45)39-25(33(47)48)16-21-17-35-23-12-10-9-11-22(21)23/h9-12,17,20,24-26,29,35,41H,4-8,13-16,18-19,34H2,1-3H3,(H,36,44)(H,37,43)(H,38,46)(H,39,45)(H,40,42)(H,47,48)/t24-,25-,26-,29-/m1/s1. The van der Waals surface area contributed by atoms with Crippen LogP contribution in [0, 0.1) is 5.92 Å². The second-order valence-electron chi connectivity index (χ2n) is 12.1. The number of carboxylic acid groups (broad SMARTS) is 1. The van der Waals surface area contributed by atoms with E-state index in [-0.39, 0.29) is 37.6 Å². The number of para-hydroxylation sites is 1. The first-order chi connectivity index (χ1) is 22.9. The number of aliphatic hydroxyl groups is 1. The van der Waals surface area contributed by atoms with Gasteiger partial charge in [-0.25, -0.2) is 4.79 Å². The molecule has 1 aromatic heterocycles. The van der Waals surface area contributed by atoms with Crippen molar-refractivity contribution >= 4 is 46.4 Å². The van der Waals surface area contributed by atoms with Crippen LogP contribution in [0.25, 0.3) is 10.9 Å². The summed E-state index contributed by atoms with van der Waals surface area (Å²) in [6, 6.07) is 2.42. The molecule has 0 radical (unpaired) electrons. The summed E-state index contributed by atoms with van der Waals surface area (Å²) in [7, 11) is 0. The number of hydrogen-bond donors (Lipinski definition) is 9. The summed E-state index contributed by atoms with van der Waals surface area (Å²) in [6.45, 7) is 4.23. The predicted octanol–water partition coefficient (Wildman–Crippen LogP) is 0.208. The van der Waals surface area contributed by atoms with Crippen LogP contribution in [0.1, 0.15) is 71.3 Å². The Morgan fingerprint density at radius 3 is 2.17 bits per heavy atom. The van der Waals surface area contributed by atoms with Crippen molar-refractivity contribution in [3.63, 3.8) is 0 Å². The number of nitrogens with one attached hydrogen (secondary N) is 6. The van der Waals surface area contributed by atoms with Gasteiger partial charge in [0.15, 0.2) is 0 Å². The molecule has 2 aromatic rings. The minimum atomic E-state index is -1.50. The number of aromatic nitrogens is 1. The van der Waals surface area contributed by atoms with E-state index in [0.29, 0.717) is 12.0 Å². The third kappa shape index (κ3) is 13.0. The molecule has 4 atom stereocenters. The number of fused-ring (bicyclic) bond motifs is 1. The number of unbranched alkanes of at least 4 members (excludes halogenated alkanes) is 4. The number of carbonyl (C=O) groups is 6. The maximum atomic E-state index is 13.1. The van der Waals surface area contributed by atoms with E-state index < -0.39 is 66.9 Å². The number of aromatic amines is 1. The zero-order chi connectivity index (χ0) is 35.6. The van der Waals surface area contributed by atoms with Crippen LogP contribution in [0.15, 0.2) is 30.5 Å². The zero-order valence-corrected chi connectivity index (χ0v) is 28.0. The number of aliphatic carboxylic acids is 1. The molecule has 5 amide bonds. The summed E-state index contributed by atoms with van der Waals surface area (Å²) in [6.07, 6.45) is 6.79. The summed E-state index contributed by atoms with van der Waals surface area (Å²) in [5, 5.41) is 32.6. The highest BCUT2D eigenvalue weighted by Crippen LogP contribution is 2.19. The smallest absolute Gasteiger partial charge is 0.326 e. The van der Waals surface area contributed by atoms with E-state index in [1.165, 1.54) is 0 Å². The fraction of sp³-hybridized carbons (Fsp3) is 0.576. The molecule has 0 aliphatic heterocycles. The van der Waals surface area contributed by atoms with Gasteiger partial charge in [0, 0.05) is 29.9 Å². The minimum absolute atomic E-state index is 0.0388. The number of carbonyl (C=O) groups excluding carboxylic acids is 5. The van der Waals surface area contributed by atoms with Gasteiger partial charge >= 0.3 is 5.97 Å². The minimum Gasteiger partial charge on any atom is -0.480 e. The van der Waals surface area contributed by atoms with E-state index in [0.717, 1.165) is 36.6 Å². The first kappa shape index (κ1) is 39.7. The van der Waals surface area contributed by atoms with Gasteiger partial charge < -0.3 is 47.5 Å². The van der Waals surface area contributed by atoms with E-state index in [4.69, 9.17) is 5.73 Å². The molecule has 0 spiro atoms. The largest absolute Gasteiger partial charge is 0.480 e. The normalized spacial score (nSPS) is 13.6. The summed E-state index contributed by atoms with van der Waals surface area (Å²) in [4.78, 5) is 78.9. The fourth-order valence-corrected chi connectivity index (χ4v) is 5.09. The molecule has 0 bridgehead atoms. The quantitative estimate of drug-likeness (QED) is 0.0775. The number of hydrogen-bond acceptors (Lipinski definition) is 8. The fourth-order valence-electron chi connectivity index (χ4n) is 5.09. The molecule has 15 heteroatoms. The van der Waals surface area contributed by atoms with E-state index in [1.54, 1.807) is 26.1 Å². The average Bonchev–Trinajstić information content (AvgIpc) is 3.46. The Labute approximate surface area is 280 Å². The Balaban J connectivity index is 1.92. The summed E-state index contributed by atoms with van der Waals surface area (Å²) < 4.78 is 0. The Bertz CT molecular complexity index is 1380. The average molecular weight is 674 g/mol. The lowest BCUT2D eigenvalue weighted by atomic mass is 10.0. The maximum absolute atomic E-state index is 13.1. The molecule has 266 valence electrons. The molecular formula is C33H51N7O8. The molecule has 0 aliphatic rings. The highest BCUT2D eigenvalue weighted by atomic mass is 16.4. The lowest BCUT2D eigenvalue weighted by Crippen LogP contribution is -2.57. The van der Waals surface area contributed by atoms with Crippen LogP contribution in [0.5, 0.6) is 0 Å². The number of benzene rings is 1. The van der Waals surface area contributed by atoms with Crippen molar-refractivity contribution in [2.45, 2.75) is 96.3 Å². The van der Waals surface area contributed by atoms with Gasteiger partial charge in [0.25, 0.3) is 0 Å². The first-order valence-electron chi connectivity index (χ1n) is 16.5. The Morgan fingerprint density at radius 2 is 1.52 bits per heavy atom. The molecular weight excluding hydrogens is 622 g/mol. The number of nitrogens with two attached hydrogens (primary N) is 1. The predicted molar refractivity (Wildman–Crippen MR) is 179 cm³/mol. The first-order valence-corrected chi connectivity index (χ1v) is 16.5. The molecule has 0 unspecified atom stereocenters.